The molecule has 11 heteroatoms. The molecule has 1 rings (SSSR count). The van der Waals surface area contributed by atoms with Gasteiger partial charge in [-0.1, -0.05) is 0 Å². The van der Waals surface area contributed by atoms with Gasteiger partial charge in [0.25, 0.3) is 0 Å². The molecule has 0 amide bonds. The highest BCUT2D eigenvalue weighted by Gasteiger charge is 2.44. The molecule has 0 spiro atoms. The molecule has 0 aliphatic carbocycles. The summed E-state index contributed by atoms with van der Waals surface area (Å²) < 4.78 is 9.94. The van der Waals surface area contributed by atoms with E-state index in [0.29, 0.717) is 0 Å². The molecular weight excluding hydrogens is 320 g/mol. The lowest BCUT2D eigenvalue weighted by Gasteiger charge is -2.40. The Morgan fingerprint density at radius 1 is 1.00 bits per heavy atom. The summed E-state index contributed by atoms with van der Waals surface area (Å²) in [4.78, 5) is 10.3. The number of aldehydes is 1. The molecule has 8 N–H and O–H groups in total. The number of carbonyl (C=O) groups is 1. The lowest BCUT2D eigenvalue weighted by atomic mass is 9.99. The van der Waals surface area contributed by atoms with Crippen LogP contribution in [-0.2, 0) is 14.3 Å². The summed E-state index contributed by atoms with van der Waals surface area (Å²) in [5.74, 6) is 0. The average Bonchev–Trinajstić information content (AvgIpc) is 2.56. The van der Waals surface area contributed by atoms with E-state index in [9.17, 15) is 35.4 Å². The number of aliphatic hydroxyl groups excluding tert-OH is 8. The first-order chi connectivity index (χ1) is 10.7. The molecule has 0 saturated carbocycles. The molecule has 0 aromatic rings. The minimum atomic E-state index is -1.96. The Morgan fingerprint density at radius 2 is 1.61 bits per heavy atom. The van der Waals surface area contributed by atoms with Gasteiger partial charge >= 0.3 is 0 Å². The monoisotopic (exact) mass is 342 g/mol. The summed E-state index contributed by atoms with van der Waals surface area (Å²) in [6.07, 6.45) is -15.3. The zero-order chi connectivity index (χ0) is 17.7. The zero-order valence-electron chi connectivity index (χ0n) is 12.0. The first kappa shape index (κ1) is 20.3. The normalized spacial score (nSPS) is 37.0. The second-order valence-corrected chi connectivity index (χ2v) is 5.21. The molecule has 1 fully saturated rings. The molecule has 1 aliphatic rings. The molecule has 1 aliphatic heterocycles. The topological polar surface area (TPSA) is 197 Å². The summed E-state index contributed by atoms with van der Waals surface area (Å²) >= 11 is 0. The predicted octanol–water partition coefficient (Wildman–Crippen LogP) is -5.55. The zero-order valence-corrected chi connectivity index (χ0v) is 12.0. The maximum atomic E-state index is 10.3. The molecule has 1 heterocycles. The molecular formula is C12H22O11. The van der Waals surface area contributed by atoms with E-state index in [-0.39, 0.29) is 6.29 Å². The Hall–Kier alpha value is -0.730. The second kappa shape index (κ2) is 8.94. The fraction of sp³-hybridized carbons (Fsp3) is 0.917. The van der Waals surface area contributed by atoms with Crippen LogP contribution in [0.2, 0.25) is 0 Å². The van der Waals surface area contributed by atoms with Crippen LogP contribution in [-0.4, -0.2) is 115 Å². The van der Waals surface area contributed by atoms with Crippen LogP contribution in [0.15, 0.2) is 0 Å². The summed E-state index contributed by atoms with van der Waals surface area (Å²) in [5.41, 5.74) is 0. The summed E-state index contributed by atoms with van der Waals surface area (Å²) in [7, 11) is 0. The van der Waals surface area contributed by atoms with E-state index in [2.05, 4.69) is 0 Å². The first-order valence-corrected chi connectivity index (χ1v) is 6.84. The maximum Gasteiger partial charge on any atom is 0.186 e. The lowest BCUT2D eigenvalue weighted by molar-refractivity contribution is -0.306. The van der Waals surface area contributed by atoms with Crippen molar-refractivity contribution < 1.29 is 55.1 Å². The van der Waals surface area contributed by atoms with Crippen molar-refractivity contribution in [1.29, 1.82) is 0 Å². The van der Waals surface area contributed by atoms with Crippen molar-refractivity contribution in [1.82, 2.24) is 0 Å². The highest BCUT2D eigenvalue weighted by Crippen LogP contribution is 2.22. The van der Waals surface area contributed by atoms with E-state index >= 15 is 0 Å². The van der Waals surface area contributed by atoms with Crippen LogP contribution in [0.4, 0.5) is 0 Å². The number of rotatable bonds is 8. The number of hydrogen-bond donors (Lipinski definition) is 8. The molecule has 0 aromatic carbocycles. The Labute approximate surface area is 130 Å². The Bertz CT molecular complexity index is 365. The average molecular weight is 342 g/mol. The molecule has 0 bridgehead atoms. The van der Waals surface area contributed by atoms with Crippen LogP contribution >= 0.6 is 0 Å². The fourth-order valence-electron chi connectivity index (χ4n) is 2.01. The van der Waals surface area contributed by atoms with Crippen molar-refractivity contribution in [3.63, 3.8) is 0 Å². The summed E-state index contributed by atoms with van der Waals surface area (Å²) in [5, 5.41) is 75.4. The van der Waals surface area contributed by atoms with Crippen LogP contribution in [0.25, 0.3) is 0 Å². The molecule has 9 atom stereocenters. The van der Waals surface area contributed by atoms with Gasteiger partial charge in [-0.05, 0) is 0 Å². The van der Waals surface area contributed by atoms with Crippen molar-refractivity contribution in [2.24, 2.45) is 0 Å². The first-order valence-electron chi connectivity index (χ1n) is 6.84. The van der Waals surface area contributed by atoms with Crippen molar-refractivity contribution in [2.45, 2.75) is 55.1 Å². The van der Waals surface area contributed by atoms with Crippen LogP contribution in [0.1, 0.15) is 0 Å². The highest BCUT2D eigenvalue weighted by atomic mass is 16.7. The third kappa shape index (κ3) is 4.87. The SMILES string of the molecule is O=CC(O)C(O)C(O)C(O)COC1O[C@H](CO)[C@@H](O)[C@H](O)[C@H]1O. The van der Waals surface area contributed by atoms with E-state index in [1.165, 1.54) is 0 Å². The minimum absolute atomic E-state index is 0.0287. The van der Waals surface area contributed by atoms with Gasteiger partial charge in [0.2, 0.25) is 0 Å². The standard InChI is InChI=1S/C12H22O11/c13-1-4(15)7(17)8(18)5(16)3-22-12-11(21)10(20)9(19)6(2-14)23-12/h1,4-12,14-21H,2-3H2/t4?,5?,6-,7?,8?,9-,10+,11-,12?/m1/s1. The lowest BCUT2D eigenvalue weighted by Crippen LogP contribution is -2.59. The van der Waals surface area contributed by atoms with Gasteiger partial charge in [-0.15, -0.1) is 0 Å². The molecule has 5 unspecified atom stereocenters. The van der Waals surface area contributed by atoms with Crippen molar-refractivity contribution >= 4 is 6.29 Å². The third-order valence-corrected chi connectivity index (χ3v) is 3.51. The van der Waals surface area contributed by atoms with Gasteiger partial charge in [0, 0.05) is 0 Å². The minimum Gasteiger partial charge on any atom is -0.394 e. The molecule has 1 saturated heterocycles. The largest absolute Gasteiger partial charge is 0.394 e. The molecule has 0 radical (unpaired) electrons. The van der Waals surface area contributed by atoms with Crippen LogP contribution in [0.3, 0.4) is 0 Å². The number of hydrogen-bond acceptors (Lipinski definition) is 11. The Morgan fingerprint density at radius 3 is 2.13 bits per heavy atom. The smallest absolute Gasteiger partial charge is 0.186 e. The van der Waals surface area contributed by atoms with Crippen molar-refractivity contribution in [3.05, 3.63) is 0 Å². The van der Waals surface area contributed by atoms with Crippen LogP contribution in [0.5, 0.6) is 0 Å². The van der Waals surface area contributed by atoms with Gasteiger partial charge in [0.15, 0.2) is 12.6 Å². The van der Waals surface area contributed by atoms with E-state index < -0.39 is 68.3 Å². The highest BCUT2D eigenvalue weighted by molar-refractivity contribution is 5.56. The molecule has 11 nitrogen and oxygen atoms in total. The van der Waals surface area contributed by atoms with Gasteiger partial charge in [0.05, 0.1) is 13.2 Å². The molecule has 23 heavy (non-hydrogen) atoms. The Kier molecular flexibility index (Phi) is 7.89. The van der Waals surface area contributed by atoms with Gasteiger partial charge in [-0.25, -0.2) is 0 Å². The molecule has 136 valence electrons. The Balaban J connectivity index is 2.57. The number of ether oxygens (including phenoxy) is 2. The quantitative estimate of drug-likeness (QED) is 0.196. The van der Waals surface area contributed by atoms with Gasteiger partial charge in [0.1, 0.15) is 48.8 Å². The molecule has 0 aromatic heterocycles. The van der Waals surface area contributed by atoms with Crippen molar-refractivity contribution in [3.8, 4) is 0 Å². The van der Waals surface area contributed by atoms with Crippen LogP contribution < -0.4 is 0 Å². The second-order valence-electron chi connectivity index (χ2n) is 5.21. The van der Waals surface area contributed by atoms with Gasteiger partial charge < -0.3 is 55.1 Å². The van der Waals surface area contributed by atoms with E-state index in [1.807, 2.05) is 0 Å². The number of carbonyl (C=O) groups excluding carboxylic acids is 1. The summed E-state index contributed by atoms with van der Waals surface area (Å²) in [6.45, 7) is -1.37. The maximum absolute atomic E-state index is 10.3. The van der Waals surface area contributed by atoms with E-state index in [4.69, 9.17) is 19.7 Å². The van der Waals surface area contributed by atoms with Gasteiger partial charge in [-0.2, -0.15) is 0 Å². The van der Waals surface area contributed by atoms with E-state index in [1.54, 1.807) is 0 Å². The third-order valence-electron chi connectivity index (χ3n) is 3.51. The summed E-state index contributed by atoms with van der Waals surface area (Å²) in [6, 6.07) is 0. The number of aliphatic hydroxyl groups is 8. The van der Waals surface area contributed by atoms with E-state index in [0.717, 1.165) is 0 Å². The van der Waals surface area contributed by atoms with Crippen molar-refractivity contribution in [2.75, 3.05) is 13.2 Å². The van der Waals surface area contributed by atoms with Gasteiger partial charge in [-0.3, -0.25) is 0 Å². The predicted molar refractivity (Wildman–Crippen MR) is 69.8 cm³/mol. The fourth-order valence-corrected chi connectivity index (χ4v) is 2.01. The van der Waals surface area contributed by atoms with Crippen LogP contribution in [0, 0.1) is 0 Å².